The van der Waals surface area contributed by atoms with Crippen molar-refractivity contribution < 1.29 is 19.3 Å². The van der Waals surface area contributed by atoms with Gasteiger partial charge < -0.3 is 5.32 Å². The highest BCUT2D eigenvalue weighted by molar-refractivity contribution is 6.33. The number of hydrogen-bond acceptors (Lipinski definition) is 5. The van der Waals surface area contributed by atoms with Crippen LogP contribution < -0.4 is 10.7 Å². The second kappa shape index (κ2) is 7.65. The number of halogens is 1. The van der Waals surface area contributed by atoms with Crippen molar-refractivity contribution in [3.05, 3.63) is 69.8 Å². The molecular weight excluding hydrogens is 388 g/mol. The van der Waals surface area contributed by atoms with Crippen molar-refractivity contribution in [3.8, 4) is 0 Å². The van der Waals surface area contributed by atoms with Crippen molar-refractivity contribution in [2.24, 2.45) is 0 Å². The maximum atomic E-state index is 12.4. The second-order valence-electron chi connectivity index (χ2n) is 6.10. The fraction of sp³-hybridized carbons (Fsp3) is 0.167. The molecule has 0 radical (unpaired) electrons. The minimum atomic E-state index is -0.885. The molecule has 28 heavy (non-hydrogen) atoms. The number of amides is 3. The molecule has 2 aromatic carbocycles. The minimum Gasteiger partial charge on any atom is -0.326 e. The number of carbonyl (C=O) groups excluding carboxylic acids is 3. The summed E-state index contributed by atoms with van der Waals surface area (Å²) in [6.07, 6.45) is 0. The lowest BCUT2D eigenvalue weighted by Gasteiger charge is -2.43. The largest absolute Gasteiger partial charge is 0.326 e. The van der Waals surface area contributed by atoms with Gasteiger partial charge in [-0.1, -0.05) is 0 Å². The van der Waals surface area contributed by atoms with Crippen molar-refractivity contribution >= 4 is 40.7 Å². The molecule has 2 atom stereocenters. The fourth-order valence-corrected chi connectivity index (χ4v) is 3.14. The summed E-state index contributed by atoms with van der Waals surface area (Å²) in [6.45, 7) is 1.37. The number of nitro groups is 1. The third kappa shape index (κ3) is 3.79. The standard InChI is InChI=1S/C18H15ClN4O5/c1-10(24)20-13-6-2-12(3-7-13)17(25)21-22-16(15(19)18(22)26)11-4-8-14(9-5-11)23(27)28/h2-9,15-16H,1H3,(H,20,24)(H,21,25)/t15-,16-/m0/s1. The Morgan fingerprint density at radius 2 is 1.71 bits per heavy atom. The number of anilines is 1. The summed E-state index contributed by atoms with van der Waals surface area (Å²) >= 11 is 6.08. The van der Waals surface area contributed by atoms with Gasteiger partial charge in [0, 0.05) is 30.3 Å². The van der Waals surface area contributed by atoms with E-state index in [-0.39, 0.29) is 17.2 Å². The van der Waals surface area contributed by atoms with Gasteiger partial charge in [-0.05, 0) is 42.0 Å². The molecule has 3 amide bonds. The molecule has 2 N–H and O–H groups in total. The molecule has 9 nitrogen and oxygen atoms in total. The van der Waals surface area contributed by atoms with Crippen LogP contribution in [0.3, 0.4) is 0 Å². The average Bonchev–Trinajstić information content (AvgIpc) is 2.67. The number of rotatable bonds is 5. The van der Waals surface area contributed by atoms with Crippen LogP contribution in [0.4, 0.5) is 11.4 Å². The number of non-ortho nitro benzene ring substituents is 1. The number of β-lactam (4-membered cyclic amide) rings is 1. The van der Waals surface area contributed by atoms with Crippen LogP contribution in [-0.2, 0) is 9.59 Å². The first kappa shape index (κ1) is 19.3. The molecule has 10 heteroatoms. The Morgan fingerprint density at radius 3 is 2.25 bits per heavy atom. The molecule has 1 saturated heterocycles. The molecule has 144 valence electrons. The van der Waals surface area contributed by atoms with Gasteiger partial charge in [0.2, 0.25) is 5.91 Å². The molecule has 1 aliphatic rings. The van der Waals surface area contributed by atoms with E-state index < -0.39 is 28.2 Å². The zero-order valence-corrected chi connectivity index (χ0v) is 15.3. The lowest BCUT2D eigenvalue weighted by molar-refractivity contribution is -0.384. The van der Waals surface area contributed by atoms with Crippen LogP contribution in [0.5, 0.6) is 0 Å². The monoisotopic (exact) mass is 402 g/mol. The molecule has 0 aliphatic carbocycles. The number of alkyl halides is 1. The van der Waals surface area contributed by atoms with Crippen LogP contribution in [0.2, 0.25) is 0 Å². The van der Waals surface area contributed by atoms with Crippen LogP contribution in [-0.4, -0.2) is 33.0 Å². The topological polar surface area (TPSA) is 122 Å². The molecular formula is C18H15ClN4O5. The summed E-state index contributed by atoms with van der Waals surface area (Å²) in [7, 11) is 0. The van der Waals surface area contributed by atoms with Crippen molar-refractivity contribution in [3.63, 3.8) is 0 Å². The molecule has 0 spiro atoms. The van der Waals surface area contributed by atoms with E-state index in [1.54, 1.807) is 12.1 Å². The number of nitrogens with zero attached hydrogens (tertiary/aromatic N) is 2. The molecule has 2 aromatic rings. The molecule has 0 saturated carbocycles. The van der Waals surface area contributed by atoms with Crippen molar-refractivity contribution in [1.82, 2.24) is 10.4 Å². The van der Waals surface area contributed by atoms with Gasteiger partial charge in [-0.3, -0.25) is 29.9 Å². The number of hydrogen-bond donors (Lipinski definition) is 2. The number of nitro benzene ring substituents is 1. The highest BCUT2D eigenvalue weighted by atomic mass is 35.5. The van der Waals surface area contributed by atoms with E-state index in [2.05, 4.69) is 10.7 Å². The third-order valence-corrected chi connectivity index (χ3v) is 4.59. The van der Waals surface area contributed by atoms with E-state index in [1.807, 2.05) is 0 Å². The highest BCUT2D eigenvalue weighted by Gasteiger charge is 2.48. The Morgan fingerprint density at radius 1 is 1.11 bits per heavy atom. The first-order valence-electron chi connectivity index (χ1n) is 8.18. The quantitative estimate of drug-likeness (QED) is 0.344. The van der Waals surface area contributed by atoms with Crippen molar-refractivity contribution in [2.45, 2.75) is 18.3 Å². The average molecular weight is 403 g/mol. The van der Waals surface area contributed by atoms with Crippen LogP contribution in [0, 0.1) is 10.1 Å². The smallest absolute Gasteiger partial charge is 0.269 e. The highest BCUT2D eigenvalue weighted by Crippen LogP contribution is 2.37. The Bertz CT molecular complexity index is 945. The Kier molecular flexibility index (Phi) is 5.27. The van der Waals surface area contributed by atoms with E-state index in [0.29, 0.717) is 11.3 Å². The van der Waals surface area contributed by atoms with E-state index in [4.69, 9.17) is 11.6 Å². The first-order chi connectivity index (χ1) is 13.3. The van der Waals surface area contributed by atoms with Crippen LogP contribution in [0.25, 0.3) is 0 Å². The van der Waals surface area contributed by atoms with Gasteiger partial charge in [-0.25, -0.2) is 5.01 Å². The Balaban J connectivity index is 1.72. The fourth-order valence-electron chi connectivity index (χ4n) is 2.77. The number of nitrogens with one attached hydrogen (secondary N) is 2. The molecule has 0 unspecified atom stereocenters. The summed E-state index contributed by atoms with van der Waals surface area (Å²) in [6, 6.07) is 11.1. The van der Waals surface area contributed by atoms with Gasteiger partial charge >= 0.3 is 0 Å². The molecule has 1 aliphatic heterocycles. The minimum absolute atomic E-state index is 0.0876. The molecule has 1 fully saturated rings. The molecule has 1 heterocycles. The van der Waals surface area contributed by atoms with Gasteiger partial charge in [0.1, 0.15) is 11.4 Å². The summed E-state index contributed by atoms with van der Waals surface area (Å²) in [4.78, 5) is 45.8. The lowest BCUT2D eigenvalue weighted by atomic mass is 9.95. The van der Waals surface area contributed by atoms with Gasteiger partial charge in [0.05, 0.1) is 4.92 Å². The Labute approximate surface area is 164 Å². The van der Waals surface area contributed by atoms with Gasteiger partial charge in [0.15, 0.2) is 0 Å². The third-order valence-electron chi connectivity index (χ3n) is 4.16. The SMILES string of the molecule is CC(=O)Nc1ccc(C(=O)NN2C(=O)[C@@H](Cl)[C@@H]2c2ccc([N+](=O)[O-])cc2)cc1. The molecule has 0 bridgehead atoms. The lowest BCUT2D eigenvalue weighted by Crippen LogP contribution is -2.63. The maximum absolute atomic E-state index is 12.4. The number of carbonyl (C=O) groups is 3. The van der Waals surface area contributed by atoms with E-state index >= 15 is 0 Å². The van der Waals surface area contributed by atoms with Gasteiger partial charge in [-0.2, -0.15) is 0 Å². The molecule has 3 rings (SSSR count). The summed E-state index contributed by atoms with van der Waals surface area (Å²) in [5.41, 5.74) is 3.79. The predicted octanol–water partition coefficient (Wildman–Crippen LogP) is 2.39. The summed E-state index contributed by atoms with van der Waals surface area (Å²) in [5.74, 6) is -1.24. The predicted molar refractivity (Wildman–Crippen MR) is 101 cm³/mol. The van der Waals surface area contributed by atoms with Crippen LogP contribution >= 0.6 is 11.6 Å². The van der Waals surface area contributed by atoms with Gasteiger partial charge in [-0.15, -0.1) is 11.6 Å². The zero-order chi connectivity index (χ0) is 20.4. The van der Waals surface area contributed by atoms with Crippen molar-refractivity contribution in [2.75, 3.05) is 5.32 Å². The Hall–Kier alpha value is -3.46. The number of hydrazine groups is 1. The summed E-state index contributed by atoms with van der Waals surface area (Å²) in [5, 5.41) is 13.6. The second-order valence-corrected chi connectivity index (χ2v) is 6.57. The normalized spacial score (nSPS) is 18.2. The van der Waals surface area contributed by atoms with Crippen LogP contribution in [0.1, 0.15) is 28.9 Å². The zero-order valence-electron chi connectivity index (χ0n) is 14.6. The van der Waals surface area contributed by atoms with Crippen LogP contribution in [0.15, 0.2) is 48.5 Å². The van der Waals surface area contributed by atoms with E-state index in [1.165, 1.54) is 43.3 Å². The maximum Gasteiger partial charge on any atom is 0.269 e. The van der Waals surface area contributed by atoms with E-state index in [0.717, 1.165) is 5.01 Å². The molecule has 0 aromatic heterocycles. The first-order valence-corrected chi connectivity index (χ1v) is 8.61. The summed E-state index contributed by atoms with van der Waals surface area (Å²) < 4.78 is 0. The van der Waals surface area contributed by atoms with Crippen molar-refractivity contribution in [1.29, 1.82) is 0 Å². The number of benzene rings is 2. The van der Waals surface area contributed by atoms with E-state index in [9.17, 15) is 24.5 Å². The van der Waals surface area contributed by atoms with Gasteiger partial charge in [0.25, 0.3) is 17.5 Å².